The molecule has 0 radical (unpaired) electrons. The van der Waals surface area contributed by atoms with Gasteiger partial charge in [-0.1, -0.05) is 17.7 Å². The molecule has 0 saturated carbocycles. The molecule has 64 valence electrons. The second kappa shape index (κ2) is 3.04. The van der Waals surface area contributed by atoms with Crippen molar-refractivity contribution < 1.29 is 4.39 Å². The van der Waals surface area contributed by atoms with Gasteiger partial charge in [0.2, 0.25) is 0 Å². The summed E-state index contributed by atoms with van der Waals surface area (Å²) in [7, 11) is 0. The lowest BCUT2D eigenvalue weighted by Crippen LogP contribution is -2.39. The van der Waals surface area contributed by atoms with Gasteiger partial charge in [0.1, 0.15) is 5.82 Å². The maximum atomic E-state index is 12.6. The van der Waals surface area contributed by atoms with Gasteiger partial charge in [-0.2, -0.15) is 0 Å². The van der Waals surface area contributed by atoms with Crippen molar-refractivity contribution in [3.05, 3.63) is 34.6 Å². The number of halogens is 2. The zero-order valence-corrected chi connectivity index (χ0v) is 7.24. The third-order valence-electron chi connectivity index (χ3n) is 2.18. The molecular weight excluding hydrogens is 177 g/mol. The van der Waals surface area contributed by atoms with Crippen LogP contribution in [-0.4, -0.2) is 13.1 Å². The Balaban J connectivity index is 2.31. The van der Waals surface area contributed by atoms with Crippen LogP contribution in [0, 0.1) is 5.82 Å². The zero-order valence-electron chi connectivity index (χ0n) is 6.48. The first-order valence-electron chi connectivity index (χ1n) is 3.93. The van der Waals surface area contributed by atoms with Crippen LogP contribution in [-0.2, 0) is 0 Å². The maximum Gasteiger partial charge on any atom is 0.124 e. The third kappa shape index (κ3) is 1.32. The Morgan fingerprint density at radius 3 is 2.67 bits per heavy atom. The molecule has 0 aliphatic carbocycles. The Morgan fingerprint density at radius 1 is 1.42 bits per heavy atom. The molecule has 1 saturated heterocycles. The molecule has 1 aromatic carbocycles. The second-order valence-corrected chi connectivity index (χ2v) is 3.43. The summed E-state index contributed by atoms with van der Waals surface area (Å²) in [6.45, 7) is 1.90. The van der Waals surface area contributed by atoms with Crippen molar-refractivity contribution in [3.63, 3.8) is 0 Å². The van der Waals surface area contributed by atoms with Gasteiger partial charge in [-0.15, -0.1) is 0 Å². The third-order valence-corrected chi connectivity index (χ3v) is 2.51. The van der Waals surface area contributed by atoms with Crippen molar-refractivity contribution in [2.45, 2.75) is 5.92 Å². The maximum absolute atomic E-state index is 12.6. The number of rotatable bonds is 1. The molecule has 1 fully saturated rings. The molecule has 1 aromatic rings. The van der Waals surface area contributed by atoms with Gasteiger partial charge in [-0.05, 0) is 17.7 Å². The van der Waals surface area contributed by atoms with Gasteiger partial charge in [-0.25, -0.2) is 4.39 Å². The molecule has 0 atom stereocenters. The van der Waals surface area contributed by atoms with E-state index in [-0.39, 0.29) is 5.82 Å². The minimum absolute atomic E-state index is 0.268. The van der Waals surface area contributed by atoms with Crippen molar-refractivity contribution in [1.82, 2.24) is 5.32 Å². The van der Waals surface area contributed by atoms with Crippen LogP contribution in [0.4, 0.5) is 4.39 Å². The molecule has 0 unspecified atom stereocenters. The highest BCUT2D eigenvalue weighted by molar-refractivity contribution is 6.31. The van der Waals surface area contributed by atoms with E-state index in [1.165, 1.54) is 12.1 Å². The monoisotopic (exact) mass is 185 g/mol. The molecule has 1 heterocycles. The highest BCUT2D eigenvalue weighted by Crippen LogP contribution is 2.27. The van der Waals surface area contributed by atoms with E-state index in [1.54, 1.807) is 6.07 Å². The Labute approximate surface area is 75.5 Å². The minimum atomic E-state index is -0.268. The summed E-state index contributed by atoms with van der Waals surface area (Å²) in [4.78, 5) is 0. The van der Waals surface area contributed by atoms with E-state index in [2.05, 4.69) is 5.32 Å². The van der Waals surface area contributed by atoms with Crippen LogP contribution in [0.3, 0.4) is 0 Å². The van der Waals surface area contributed by atoms with Gasteiger partial charge in [-0.3, -0.25) is 0 Å². The van der Waals surface area contributed by atoms with E-state index < -0.39 is 0 Å². The molecule has 1 aliphatic rings. The molecule has 0 bridgehead atoms. The van der Waals surface area contributed by atoms with Crippen LogP contribution in [0.5, 0.6) is 0 Å². The molecule has 0 aromatic heterocycles. The van der Waals surface area contributed by atoms with Gasteiger partial charge in [0.05, 0.1) is 0 Å². The first kappa shape index (κ1) is 8.02. The fourth-order valence-corrected chi connectivity index (χ4v) is 1.66. The average molecular weight is 186 g/mol. The second-order valence-electron chi connectivity index (χ2n) is 3.02. The highest BCUT2D eigenvalue weighted by Gasteiger charge is 2.20. The van der Waals surface area contributed by atoms with Gasteiger partial charge in [0.15, 0.2) is 0 Å². The number of hydrogen-bond donors (Lipinski definition) is 1. The first-order chi connectivity index (χ1) is 5.77. The normalized spacial score (nSPS) is 17.5. The lowest BCUT2D eigenvalue weighted by atomic mass is 9.94. The van der Waals surface area contributed by atoms with E-state index in [0.717, 1.165) is 18.7 Å². The molecular formula is C9H9ClFN. The summed E-state index contributed by atoms with van der Waals surface area (Å²) in [5, 5.41) is 3.69. The molecule has 0 spiro atoms. The van der Waals surface area contributed by atoms with Crippen LogP contribution >= 0.6 is 11.6 Å². The van der Waals surface area contributed by atoms with E-state index in [1.807, 2.05) is 0 Å². The molecule has 1 aliphatic heterocycles. The van der Waals surface area contributed by atoms with Crippen LogP contribution in [0.2, 0.25) is 5.02 Å². The largest absolute Gasteiger partial charge is 0.315 e. The van der Waals surface area contributed by atoms with Crippen LogP contribution < -0.4 is 5.32 Å². The van der Waals surface area contributed by atoms with Crippen LogP contribution in [0.1, 0.15) is 11.5 Å². The van der Waals surface area contributed by atoms with E-state index in [9.17, 15) is 4.39 Å². The molecule has 1 N–H and O–H groups in total. The summed E-state index contributed by atoms with van der Waals surface area (Å²) in [5.41, 5.74) is 1.05. The standard InChI is InChI=1S/C9H9ClFN/c10-9-3-7(11)1-2-8(9)6-4-12-5-6/h1-3,6,12H,4-5H2. The molecule has 0 amide bonds. The minimum Gasteiger partial charge on any atom is -0.315 e. The molecule has 2 rings (SSSR count). The zero-order chi connectivity index (χ0) is 8.55. The SMILES string of the molecule is Fc1ccc(C2CNC2)c(Cl)c1. The Kier molecular flexibility index (Phi) is 2.03. The lowest BCUT2D eigenvalue weighted by molar-refractivity contribution is 0.448. The fourth-order valence-electron chi connectivity index (χ4n) is 1.34. The lowest BCUT2D eigenvalue weighted by Gasteiger charge is -2.28. The predicted octanol–water partition coefficient (Wildman–Crippen LogP) is 2.17. The van der Waals surface area contributed by atoms with Crippen molar-refractivity contribution in [3.8, 4) is 0 Å². The fraction of sp³-hybridized carbons (Fsp3) is 0.333. The summed E-state index contributed by atoms with van der Waals surface area (Å²) in [6.07, 6.45) is 0. The van der Waals surface area contributed by atoms with E-state index >= 15 is 0 Å². The number of benzene rings is 1. The molecule has 1 nitrogen and oxygen atoms in total. The summed E-state index contributed by atoms with van der Waals surface area (Å²) >= 11 is 5.87. The molecule has 12 heavy (non-hydrogen) atoms. The van der Waals surface area contributed by atoms with Crippen molar-refractivity contribution in [2.75, 3.05) is 13.1 Å². The highest BCUT2D eigenvalue weighted by atomic mass is 35.5. The Hall–Kier alpha value is -0.600. The van der Waals surface area contributed by atoms with Gasteiger partial charge in [0, 0.05) is 24.0 Å². The number of nitrogens with one attached hydrogen (secondary N) is 1. The summed E-state index contributed by atoms with van der Waals surface area (Å²) in [6, 6.07) is 4.60. The Morgan fingerprint density at radius 2 is 2.17 bits per heavy atom. The van der Waals surface area contributed by atoms with Gasteiger partial charge < -0.3 is 5.32 Å². The van der Waals surface area contributed by atoms with Gasteiger partial charge >= 0.3 is 0 Å². The Bertz CT molecular complexity index is 297. The summed E-state index contributed by atoms with van der Waals surface area (Å²) in [5.74, 6) is 0.203. The first-order valence-corrected chi connectivity index (χ1v) is 4.31. The van der Waals surface area contributed by atoms with Crippen molar-refractivity contribution in [1.29, 1.82) is 0 Å². The average Bonchev–Trinajstić information content (AvgIpc) is 1.91. The molecule has 3 heteroatoms. The predicted molar refractivity (Wildman–Crippen MR) is 47.0 cm³/mol. The van der Waals surface area contributed by atoms with Crippen LogP contribution in [0.15, 0.2) is 18.2 Å². The van der Waals surface area contributed by atoms with Crippen LogP contribution in [0.25, 0.3) is 0 Å². The number of hydrogen-bond acceptors (Lipinski definition) is 1. The van der Waals surface area contributed by atoms with Crippen molar-refractivity contribution >= 4 is 11.6 Å². The quantitative estimate of drug-likeness (QED) is 0.707. The van der Waals surface area contributed by atoms with E-state index in [0.29, 0.717) is 10.9 Å². The topological polar surface area (TPSA) is 12.0 Å². The van der Waals surface area contributed by atoms with E-state index in [4.69, 9.17) is 11.6 Å². The van der Waals surface area contributed by atoms with Gasteiger partial charge in [0.25, 0.3) is 0 Å². The smallest absolute Gasteiger partial charge is 0.124 e. The van der Waals surface area contributed by atoms with Crippen molar-refractivity contribution in [2.24, 2.45) is 0 Å². The summed E-state index contributed by atoms with van der Waals surface area (Å²) < 4.78 is 12.6.